The third-order valence-corrected chi connectivity index (χ3v) is 4.64. The highest BCUT2D eigenvalue weighted by Crippen LogP contribution is 2.28. The molecule has 8 heteroatoms. The average Bonchev–Trinajstić information content (AvgIpc) is 3.28. The van der Waals surface area contributed by atoms with E-state index >= 15 is 0 Å². The zero-order chi connectivity index (χ0) is 23.6. The molecule has 0 aliphatic heterocycles. The number of hydrogen-bond donors (Lipinski definition) is 0. The molecule has 0 atom stereocenters. The molecule has 1 aromatic heterocycles. The first-order valence-corrected chi connectivity index (χ1v) is 10.4. The molecule has 3 aromatic rings. The fraction of sp³-hybridized carbons (Fsp3) is 0.240. The summed E-state index contributed by atoms with van der Waals surface area (Å²) in [5.41, 5.74) is 1.79. The third-order valence-electron chi connectivity index (χ3n) is 4.64. The molecule has 0 fully saturated rings. The Hall–Kier alpha value is -3.91. The van der Waals surface area contributed by atoms with E-state index in [1.54, 1.807) is 49.2 Å². The quantitative estimate of drug-likeness (QED) is 0.189. The molecule has 0 N–H and O–H groups in total. The van der Waals surface area contributed by atoms with Gasteiger partial charge in [0.25, 0.3) is 0 Å². The normalized spacial score (nSPS) is 10.9. The lowest BCUT2D eigenvalue weighted by atomic mass is 10.1. The van der Waals surface area contributed by atoms with E-state index in [0.29, 0.717) is 35.8 Å². The number of aromatic nitrogens is 2. The molecule has 0 radical (unpaired) electrons. The van der Waals surface area contributed by atoms with Crippen molar-refractivity contribution in [3.05, 3.63) is 77.6 Å². The summed E-state index contributed by atoms with van der Waals surface area (Å²) in [6.45, 7) is 2.74. The number of rotatable bonds is 11. The molecule has 0 bridgehead atoms. The SMILES string of the molecule is CCOC(=O)c1nn(-c2ccccc2)cc1C=CC(=O)c1ccc(OCCOC)c(OC)c1. The average molecular weight is 450 g/mol. The van der Waals surface area contributed by atoms with Crippen LogP contribution >= 0.6 is 0 Å². The van der Waals surface area contributed by atoms with Crippen molar-refractivity contribution in [1.82, 2.24) is 9.78 Å². The van der Waals surface area contributed by atoms with Gasteiger partial charge < -0.3 is 18.9 Å². The van der Waals surface area contributed by atoms with E-state index in [-0.39, 0.29) is 18.1 Å². The molecular formula is C25H26N2O6. The van der Waals surface area contributed by atoms with Gasteiger partial charge in [-0.15, -0.1) is 0 Å². The van der Waals surface area contributed by atoms with Crippen LogP contribution in [0.25, 0.3) is 11.8 Å². The second-order valence-corrected chi connectivity index (χ2v) is 6.84. The molecule has 0 aliphatic rings. The van der Waals surface area contributed by atoms with E-state index < -0.39 is 5.97 Å². The molecule has 0 aliphatic carbocycles. The van der Waals surface area contributed by atoms with Crippen molar-refractivity contribution < 1.29 is 28.5 Å². The minimum absolute atomic E-state index is 0.129. The van der Waals surface area contributed by atoms with E-state index in [0.717, 1.165) is 5.69 Å². The van der Waals surface area contributed by atoms with Gasteiger partial charge >= 0.3 is 5.97 Å². The summed E-state index contributed by atoms with van der Waals surface area (Å²) in [6, 6.07) is 14.3. The van der Waals surface area contributed by atoms with Gasteiger partial charge in [-0.25, -0.2) is 9.48 Å². The fourth-order valence-electron chi connectivity index (χ4n) is 3.02. The van der Waals surface area contributed by atoms with Gasteiger partial charge in [0.05, 0.1) is 26.0 Å². The van der Waals surface area contributed by atoms with Crippen LogP contribution in [0.3, 0.4) is 0 Å². The van der Waals surface area contributed by atoms with Crippen molar-refractivity contribution >= 4 is 17.8 Å². The Bertz CT molecular complexity index is 1120. The summed E-state index contributed by atoms with van der Waals surface area (Å²) < 4.78 is 22.6. The Balaban J connectivity index is 1.85. The molecule has 172 valence electrons. The van der Waals surface area contributed by atoms with Gasteiger partial charge in [-0.1, -0.05) is 18.2 Å². The summed E-state index contributed by atoms with van der Waals surface area (Å²) in [5, 5.41) is 4.36. The van der Waals surface area contributed by atoms with Crippen molar-refractivity contribution in [3.8, 4) is 17.2 Å². The number of ether oxygens (including phenoxy) is 4. The number of methoxy groups -OCH3 is 2. The lowest BCUT2D eigenvalue weighted by Crippen LogP contribution is -2.08. The van der Waals surface area contributed by atoms with Crippen LogP contribution in [0.1, 0.15) is 33.3 Å². The minimum Gasteiger partial charge on any atom is -0.493 e. The first-order valence-electron chi connectivity index (χ1n) is 10.4. The fourth-order valence-corrected chi connectivity index (χ4v) is 3.02. The number of carbonyl (C=O) groups is 2. The highest BCUT2D eigenvalue weighted by molar-refractivity contribution is 6.07. The Morgan fingerprint density at radius 2 is 1.82 bits per heavy atom. The number of carbonyl (C=O) groups excluding carboxylic acids is 2. The number of allylic oxidation sites excluding steroid dienone is 1. The highest BCUT2D eigenvalue weighted by atomic mass is 16.5. The van der Waals surface area contributed by atoms with Crippen molar-refractivity contribution in [2.24, 2.45) is 0 Å². The summed E-state index contributed by atoms with van der Waals surface area (Å²) in [5.74, 6) is 0.135. The Morgan fingerprint density at radius 1 is 1.03 bits per heavy atom. The van der Waals surface area contributed by atoms with Gasteiger partial charge in [-0.3, -0.25) is 4.79 Å². The van der Waals surface area contributed by atoms with E-state index in [1.165, 1.54) is 13.2 Å². The number of esters is 1. The molecule has 1 heterocycles. The smallest absolute Gasteiger partial charge is 0.359 e. The number of benzene rings is 2. The van der Waals surface area contributed by atoms with Crippen molar-refractivity contribution in [1.29, 1.82) is 0 Å². The maximum absolute atomic E-state index is 12.8. The first-order chi connectivity index (χ1) is 16.1. The number of nitrogens with zero attached hydrogens (tertiary/aromatic N) is 2. The zero-order valence-electron chi connectivity index (χ0n) is 18.8. The van der Waals surface area contributed by atoms with Crippen LogP contribution in [0.15, 0.2) is 60.8 Å². The van der Waals surface area contributed by atoms with Gasteiger partial charge in [-0.05, 0) is 49.4 Å². The standard InChI is InChI=1S/C25H26N2O6/c1-4-32-25(29)24-19(17-27(26-24)20-8-6-5-7-9-20)10-12-21(28)18-11-13-22(23(16-18)31-3)33-15-14-30-2/h5-13,16-17H,4,14-15H2,1-3H3. The van der Waals surface area contributed by atoms with Gasteiger partial charge in [0.1, 0.15) is 6.61 Å². The van der Waals surface area contributed by atoms with Crippen LogP contribution in [0.4, 0.5) is 0 Å². The molecule has 0 spiro atoms. The summed E-state index contributed by atoms with van der Waals surface area (Å²) in [4.78, 5) is 25.2. The lowest BCUT2D eigenvalue weighted by molar-refractivity contribution is 0.0518. The largest absolute Gasteiger partial charge is 0.493 e. The summed E-state index contributed by atoms with van der Waals surface area (Å²) in [6.07, 6.45) is 4.62. The predicted molar refractivity (Wildman–Crippen MR) is 123 cm³/mol. The molecule has 8 nitrogen and oxygen atoms in total. The first kappa shape index (κ1) is 23.7. The van der Waals surface area contributed by atoms with E-state index in [1.807, 2.05) is 30.3 Å². The molecular weight excluding hydrogens is 424 g/mol. The lowest BCUT2D eigenvalue weighted by Gasteiger charge is -2.11. The van der Waals surface area contributed by atoms with Crippen LogP contribution in [-0.2, 0) is 9.47 Å². The Labute approximate surface area is 192 Å². The van der Waals surface area contributed by atoms with Crippen molar-refractivity contribution in [2.45, 2.75) is 6.92 Å². The van der Waals surface area contributed by atoms with E-state index in [4.69, 9.17) is 18.9 Å². The second kappa shape index (κ2) is 11.6. The van der Waals surface area contributed by atoms with Gasteiger partial charge in [-0.2, -0.15) is 5.10 Å². The molecule has 0 saturated heterocycles. The predicted octanol–water partition coefficient (Wildman–Crippen LogP) is 3.98. The van der Waals surface area contributed by atoms with Gasteiger partial charge in [0, 0.05) is 24.4 Å². The number of para-hydroxylation sites is 1. The highest BCUT2D eigenvalue weighted by Gasteiger charge is 2.18. The van der Waals surface area contributed by atoms with Crippen LogP contribution in [0, 0.1) is 0 Å². The molecule has 3 rings (SSSR count). The minimum atomic E-state index is -0.557. The topological polar surface area (TPSA) is 88.9 Å². The zero-order valence-corrected chi connectivity index (χ0v) is 18.8. The maximum atomic E-state index is 12.8. The molecule has 0 unspecified atom stereocenters. The van der Waals surface area contributed by atoms with Gasteiger partial charge in [0.2, 0.25) is 0 Å². The molecule has 0 saturated carbocycles. The second-order valence-electron chi connectivity index (χ2n) is 6.84. The Kier molecular flexibility index (Phi) is 8.37. The maximum Gasteiger partial charge on any atom is 0.359 e. The number of ketones is 1. The van der Waals surface area contributed by atoms with Crippen molar-refractivity contribution in [3.63, 3.8) is 0 Å². The molecule has 0 amide bonds. The summed E-state index contributed by atoms with van der Waals surface area (Å²) in [7, 11) is 3.10. The molecule has 33 heavy (non-hydrogen) atoms. The van der Waals surface area contributed by atoms with Crippen LogP contribution in [0.5, 0.6) is 11.5 Å². The monoisotopic (exact) mass is 450 g/mol. The van der Waals surface area contributed by atoms with Crippen LogP contribution in [-0.4, -0.2) is 55.6 Å². The third kappa shape index (κ3) is 6.08. The summed E-state index contributed by atoms with van der Waals surface area (Å²) >= 11 is 0. The molecule has 2 aromatic carbocycles. The van der Waals surface area contributed by atoms with Crippen LogP contribution < -0.4 is 9.47 Å². The van der Waals surface area contributed by atoms with E-state index in [2.05, 4.69) is 5.10 Å². The van der Waals surface area contributed by atoms with Gasteiger partial charge in [0.15, 0.2) is 23.0 Å². The van der Waals surface area contributed by atoms with Crippen LogP contribution in [0.2, 0.25) is 0 Å². The Morgan fingerprint density at radius 3 is 2.52 bits per heavy atom. The van der Waals surface area contributed by atoms with E-state index in [9.17, 15) is 9.59 Å². The van der Waals surface area contributed by atoms with Crippen molar-refractivity contribution in [2.75, 3.05) is 34.0 Å². The number of hydrogen-bond acceptors (Lipinski definition) is 7.